The molecule has 15 heavy (non-hydrogen) atoms. The Kier molecular flexibility index (Phi) is 1.91. The lowest BCUT2D eigenvalue weighted by atomic mass is 9.95. The summed E-state index contributed by atoms with van der Waals surface area (Å²) >= 11 is 0. The molecule has 0 aromatic heterocycles. The maximum absolute atomic E-state index is 9.71. The molecule has 2 unspecified atom stereocenters. The zero-order valence-electron chi connectivity index (χ0n) is 8.94. The van der Waals surface area contributed by atoms with E-state index in [1.807, 2.05) is 12.1 Å². The number of hydrogen-bond acceptors (Lipinski definition) is 2. The van der Waals surface area contributed by atoms with Gasteiger partial charge < -0.3 is 9.84 Å². The van der Waals surface area contributed by atoms with Gasteiger partial charge in [-0.25, -0.2) is 0 Å². The quantitative estimate of drug-likeness (QED) is 0.802. The van der Waals surface area contributed by atoms with Crippen molar-refractivity contribution in [2.45, 2.75) is 32.3 Å². The Labute approximate surface area is 89.9 Å². The summed E-state index contributed by atoms with van der Waals surface area (Å²) in [6, 6.07) is 5.54. The van der Waals surface area contributed by atoms with Gasteiger partial charge >= 0.3 is 0 Å². The Morgan fingerprint density at radius 1 is 1.40 bits per heavy atom. The second kappa shape index (κ2) is 3.16. The Balaban J connectivity index is 1.82. The van der Waals surface area contributed by atoms with E-state index in [-0.39, 0.29) is 6.10 Å². The van der Waals surface area contributed by atoms with Crippen molar-refractivity contribution < 1.29 is 9.84 Å². The van der Waals surface area contributed by atoms with E-state index in [1.165, 1.54) is 12.8 Å². The van der Waals surface area contributed by atoms with Crippen LogP contribution in [0.2, 0.25) is 0 Å². The van der Waals surface area contributed by atoms with Crippen LogP contribution in [0.4, 0.5) is 0 Å². The van der Waals surface area contributed by atoms with Crippen molar-refractivity contribution in [2.75, 3.05) is 0 Å². The number of aromatic hydroxyl groups is 1. The summed E-state index contributed by atoms with van der Waals surface area (Å²) in [5.41, 5.74) is 0.995. The molecule has 1 aliphatic carbocycles. The van der Waals surface area contributed by atoms with E-state index in [1.54, 1.807) is 6.07 Å². The van der Waals surface area contributed by atoms with E-state index in [4.69, 9.17) is 4.74 Å². The molecule has 0 spiro atoms. The third-order valence-electron chi connectivity index (χ3n) is 3.74. The van der Waals surface area contributed by atoms with Gasteiger partial charge in [0.15, 0.2) is 0 Å². The van der Waals surface area contributed by atoms with Gasteiger partial charge in [-0.2, -0.15) is 0 Å². The van der Waals surface area contributed by atoms with Crippen molar-refractivity contribution in [1.82, 2.24) is 0 Å². The van der Waals surface area contributed by atoms with Crippen molar-refractivity contribution in [1.29, 1.82) is 0 Å². The van der Waals surface area contributed by atoms with Crippen LogP contribution in [0.3, 0.4) is 0 Å². The first-order valence-electron chi connectivity index (χ1n) is 5.73. The number of phenolic OH excluding ortho intramolecular Hbond substituents is 1. The average Bonchev–Trinajstić information content (AvgIpc) is 2.97. The van der Waals surface area contributed by atoms with Gasteiger partial charge in [-0.3, -0.25) is 0 Å². The smallest absolute Gasteiger partial charge is 0.126 e. The molecule has 80 valence electrons. The molecule has 2 atom stereocenters. The number of ether oxygens (including phenoxy) is 1. The fourth-order valence-electron chi connectivity index (χ4n) is 2.49. The summed E-state index contributed by atoms with van der Waals surface area (Å²) < 4.78 is 5.89. The molecule has 2 heteroatoms. The molecule has 0 bridgehead atoms. The van der Waals surface area contributed by atoms with Crippen LogP contribution in [-0.2, 0) is 6.42 Å². The molecule has 1 aromatic carbocycles. The lowest BCUT2D eigenvalue weighted by molar-refractivity contribution is 0.155. The highest BCUT2D eigenvalue weighted by atomic mass is 16.5. The minimum Gasteiger partial charge on any atom is -0.508 e. The van der Waals surface area contributed by atoms with Crippen LogP contribution in [0.25, 0.3) is 0 Å². The molecular weight excluding hydrogens is 188 g/mol. The standard InChI is InChI=1S/C13H16O2/c1-8(9-5-6-9)13-7-10-11(14)3-2-4-12(10)15-13/h2-4,8-9,13-14H,5-7H2,1H3. The molecular formula is C13H16O2. The average molecular weight is 204 g/mol. The first-order valence-corrected chi connectivity index (χ1v) is 5.73. The van der Waals surface area contributed by atoms with Crippen molar-refractivity contribution in [3.8, 4) is 11.5 Å². The minimum atomic E-state index is 0.279. The van der Waals surface area contributed by atoms with Crippen LogP contribution in [0.1, 0.15) is 25.3 Å². The largest absolute Gasteiger partial charge is 0.508 e. The van der Waals surface area contributed by atoms with Crippen LogP contribution in [0.15, 0.2) is 18.2 Å². The van der Waals surface area contributed by atoms with E-state index in [2.05, 4.69) is 6.92 Å². The lowest BCUT2D eigenvalue weighted by Crippen LogP contribution is -2.24. The first kappa shape index (κ1) is 9.08. The molecule has 1 aliphatic heterocycles. The van der Waals surface area contributed by atoms with Crippen molar-refractivity contribution >= 4 is 0 Å². The topological polar surface area (TPSA) is 29.5 Å². The monoisotopic (exact) mass is 204 g/mol. The molecule has 1 saturated carbocycles. The van der Waals surface area contributed by atoms with Crippen LogP contribution in [0.5, 0.6) is 11.5 Å². The molecule has 1 heterocycles. The highest BCUT2D eigenvalue weighted by molar-refractivity contribution is 5.46. The molecule has 2 aliphatic rings. The van der Waals surface area contributed by atoms with Gasteiger partial charge in [0.2, 0.25) is 0 Å². The predicted molar refractivity (Wildman–Crippen MR) is 58.1 cm³/mol. The minimum absolute atomic E-state index is 0.279. The van der Waals surface area contributed by atoms with E-state index < -0.39 is 0 Å². The maximum Gasteiger partial charge on any atom is 0.126 e. The van der Waals surface area contributed by atoms with Crippen molar-refractivity contribution in [2.24, 2.45) is 11.8 Å². The molecule has 3 rings (SSSR count). The molecule has 0 amide bonds. The van der Waals surface area contributed by atoms with Crippen molar-refractivity contribution in [3.63, 3.8) is 0 Å². The highest BCUT2D eigenvalue weighted by Gasteiger charge is 2.38. The number of fused-ring (bicyclic) bond motifs is 1. The Hall–Kier alpha value is -1.18. The molecule has 0 saturated heterocycles. The maximum atomic E-state index is 9.71. The first-order chi connectivity index (χ1) is 7.25. The fraction of sp³-hybridized carbons (Fsp3) is 0.538. The van der Waals surface area contributed by atoms with Gasteiger partial charge in [0.25, 0.3) is 0 Å². The Bertz CT molecular complexity index is 382. The summed E-state index contributed by atoms with van der Waals surface area (Å²) in [5.74, 6) is 2.74. The van der Waals surface area contributed by atoms with Gasteiger partial charge in [0.1, 0.15) is 17.6 Å². The van der Waals surface area contributed by atoms with Gasteiger partial charge in [0.05, 0.1) is 0 Å². The molecule has 1 fully saturated rings. The van der Waals surface area contributed by atoms with Gasteiger partial charge in [-0.15, -0.1) is 0 Å². The number of benzene rings is 1. The summed E-state index contributed by atoms with van der Waals surface area (Å²) in [7, 11) is 0. The normalized spacial score (nSPS) is 25.8. The van der Waals surface area contributed by atoms with E-state index in [0.29, 0.717) is 11.7 Å². The van der Waals surface area contributed by atoms with Crippen LogP contribution in [0, 0.1) is 11.8 Å². The number of rotatable bonds is 2. The summed E-state index contributed by atoms with van der Waals surface area (Å²) in [6.07, 6.45) is 3.85. The summed E-state index contributed by atoms with van der Waals surface area (Å²) in [5, 5.41) is 9.71. The number of phenols is 1. The second-order valence-electron chi connectivity index (χ2n) is 4.81. The predicted octanol–water partition coefficient (Wildman–Crippen LogP) is 2.74. The van der Waals surface area contributed by atoms with Gasteiger partial charge in [-0.05, 0) is 36.8 Å². The van der Waals surface area contributed by atoms with Gasteiger partial charge in [0, 0.05) is 12.0 Å². The zero-order chi connectivity index (χ0) is 10.4. The van der Waals surface area contributed by atoms with Crippen LogP contribution in [-0.4, -0.2) is 11.2 Å². The fourth-order valence-corrected chi connectivity index (χ4v) is 2.49. The Morgan fingerprint density at radius 3 is 2.87 bits per heavy atom. The van der Waals surface area contributed by atoms with E-state index in [0.717, 1.165) is 23.7 Å². The van der Waals surface area contributed by atoms with Gasteiger partial charge in [-0.1, -0.05) is 13.0 Å². The Morgan fingerprint density at radius 2 is 2.20 bits per heavy atom. The third-order valence-corrected chi connectivity index (χ3v) is 3.74. The lowest BCUT2D eigenvalue weighted by Gasteiger charge is -2.18. The SMILES string of the molecule is CC(C1CC1)C1Cc2c(O)cccc2O1. The molecule has 0 radical (unpaired) electrons. The van der Waals surface area contributed by atoms with Crippen molar-refractivity contribution in [3.05, 3.63) is 23.8 Å². The zero-order valence-corrected chi connectivity index (χ0v) is 8.94. The third kappa shape index (κ3) is 1.48. The van der Waals surface area contributed by atoms with E-state index >= 15 is 0 Å². The summed E-state index contributed by atoms with van der Waals surface area (Å²) in [4.78, 5) is 0. The second-order valence-corrected chi connectivity index (χ2v) is 4.81. The van der Waals surface area contributed by atoms with Crippen LogP contribution < -0.4 is 4.74 Å². The molecule has 2 nitrogen and oxygen atoms in total. The molecule has 1 N–H and O–H groups in total. The highest BCUT2D eigenvalue weighted by Crippen LogP contribution is 2.44. The van der Waals surface area contributed by atoms with Crippen LogP contribution >= 0.6 is 0 Å². The molecule has 1 aromatic rings. The van der Waals surface area contributed by atoms with E-state index in [9.17, 15) is 5.11 Å². The summed E-state index contributed by atoms with van der Waals surface area (Å²) in [6.45, 7) is 2.27. The number of hydrogen-bond donors (Lipinski definition) is 1.